The maximum Gasteiger partial charge on any atom is 0.265 e. The molecule has 0 aliphatic heterocycles. The van der Waals surface area contributed by atoms with Crippen molar-refractivity contribution < 1.29 is 12.8 Å². The smallest absolute Gasteiger partial charge is 0.265 e. The molecule has 0 spiro atoms. The SMILES string of the molecule is CNc1ncc(S(=O)(=O)Nc2cc(Cl)ccc2F)cn1. The molecule has 1 aromatic carbocycles. The Labute approximate surface area is 120 Å². The molecule has 0 saturated heterocycles. The van der Waals surface area contributed by atoms with Gasteiger partial charge < -0.3 is 5.32 Å². The van der Waals surface area contributed by atoms with Crippen molar-refractivity contribution in [2.24, 2.45) is 0 Å². The zero-order valence-electron chi connectivity index (χ0n) is 10.3. The Balaban J connectivity index is 2.32. The van der Waals surface area contributed by atoms with Crippen molar-refractivity contribution in [1.29, 1.82) is 0 Å². The average molecular weight is 317 g/mol. The van der Waals surface area contributed by atoms with Crippen LogP contribution < -0.4 is 10.0 Å². The van der Waals surface area contributed by atoms with Crippen LogP contribution in [0.3, 0.4) is 0 Å². The molecule has 2 aromatic rings. The summed E-state index contributed by atoms with van der Waals surface area (Å²) in [5, 5.41) is 2.87. The van der Waals surface area contributed by atoms with Crippen LogP contribution in [0.5, 0.6) is 0 Å². The van der Waals surface area contributed by atoms with Gasteiger partial charge in [0, 0.05) is 12.1 Å². The molecule has 0 atom stereocenters. The molecule has 1 aromatic heterocycles. The van der Waals surface area contributed by atoms with E-state index in [0.29, 0.717) is 0 Å². The van der Waals surface area contributed by atoms with Crippen molar-refractivity contribution in [1.82, 2.24) is 9.97 Å². The van der Waals surface area contributed by atoms with Gasteiger partial charge in [-0.1, -0.05) is 11.6 Å². The van der Waals surface area contributed by atoms with E-state index in [1.165, 1.54) is 12.1 Å². The first kappa shape index (κ1) is 14.5. The highest BCUT2D eigenvalue weighted by molar-refractivity contribution is 7.92. The minimum atomic E-state index is -3.98. The number of aromatic nitrogens is 2. The Morgan fingerprint density at radius 2 is 1.90 bits per heavy atom. The van der Waals surface area contributed by atoms with Gasteiger partial charge >= 0.3 is 0 Å². The third kappa shape index (κ3) is 3.14. The van der Waals surface area contributed by atoms with Crippen LogP contribution in [-0.4, -0.2) is 25.4 Å². The van der Waals surface area contributed by atoms with Gasteiger partial charge in [0.2, 0.25) is 5.95 Å². The van der Waals surface area contributed by atoms with Crippen LogP contribution in [-0.2, 0) is 10.0 Å². The van der Waals surface area contributed by atoms with E-state index in [2.05, 4.69) is 20.0 Å². The molecular formula is C11H10ClFN4O2S. The normalized spacial score (nSPS) is 11.2. The zero-order chi connectivity index (χ0) is 14.8. The Morgan fingerprint density at radius 1 is 1.25 bits per heavy atom. The molecule has 0 aliphatic carbocycles. The Kier molecular flexibility index (Phi) is 4.05. The molecule has 0 bridgehead atoms. The standard InChI is InChI=1S/C11H10ClFN4O2S/c1-14-11-15-5-8(6-16-11)20(18,19)17-10-4-7(12)2-3-9(10)13/h2-6,17H,1H3,(H,14,15,16). The van der Waals surface area contributed by atoms with Crippen LogP contribution in [0.15, 0.2) is 35.5 Å². The summed E-state index contributed by atoms with van der Waals surface area (Å²) < 4.78 is 39.7. The Morgan fingerprint density at radius 3 is 2.50 bits per heavy atom. The van der Waals surface area contributed by atoms with E-state index in [0.717, 1.165) is 18.5 Å². The lowest BCUT2D eigenvalue weighted by molar-refractivity contribution is 0.597. The van der Waals surface area contributed by atoms with Crippen molar-refractivity contribution in [3.8, 4) is 0 Å². The van der Waals surface area contributed by atoms with Gasteiger partial charge in [-0.15, -0.1) is 0 Å². The summed E-state index contributed by atoms with van der Waals surface area (Å²) in [6.45, 7) is 0. The number of hydrogen-bond donors (Lipinski definition) is 2. The van der Waals surface area contributed by atoms with Gasteiger partial charge in [-0.05, 0) is 18.2 Å². The fourth-order valence-electron chi connectivity index (χ4n) is 1.36. The number of anilines is 2. The second kappa shape index (κ2) is 5.59. The lowest BCUT2D eigenvalue weighted by atomic mass is 10.3. The molecule has 0 amide bonds. The highest BCUT2D eigenvalue weighted by Gasteiger charge is 2.17. The third-order valence-corrected chi connectivity index (χ3v) is 3.89. The number of halogens is 2. The predicted molar refractivity (Wildman–Crippen MR) is 73.8 cm³/mol. The average Bonchev–Trinajstić information content (AvgIpc) is 2.43. The molecule has 1 heterocycles. The van der Waals surface area contributed by atoms with Crippen molar-refractivity contribution >= 4 is 33.3 Å². The molecule has 2 rings (SSSR count). The van der Waals surface area contributed by atoms with E-state index in [-0.39, 0.29) is 21.6 Å². The summed E-state index contributed by atoms with van der Waals surface area (Å²) in [7, 11) is -2.38. The summed E-state index contributed by atoms with van der Waals surface area (Å²) in [5.74, 6) is -0.455. The van der Waals surface area contributed by atoms with Crippen molar-refractivity contribution in [2.45, 2.75) is 4.90 Å². The molecule has 106 valence electrons. The summed E-state index contributed by atoms with van der Waals surface area (Å²) in [6.07, 6.45) is 2.23. The van der Waals surface area contributed by atoms with Crippen molar-refractivity contribution in [2.75, 3.05) is 17.1 Å². The summed E-state index contributed by atoms with van der Waals surface area (Å²) in [4.78, 5) is 7.38. The highest BCUT2D eigenvalue weighted by Crippen LogP contribution is 2.22. The van der Waals surface area contributed by atoms with Crippen LogP contribution in [0, 0.1) is 5.82 Å². The van der Waals surface area contributed by atoms with E-state index < -0.39 is 15.8 Å². The van der Waals surface area contributed by atoms with Gasteiger partial charge in [0.25, 0.3) is 10.0 Å². The van der Waals surface area contributed by atoms with Crippen LogP contribution >= 0.6 is 11.6 Å². The zero-order valence-corrected chi connectivity index (χ0v) is 11.8. The van der Waals surface area contributed by atoms with Crippen LogP contribution in [0.1, 0.15) is 0 Å². The predicted octanol–water partition coefficient (Wildman–Crippen LogP) is 2.11. The van der Waals surface area contributed by atoms with Crippen molar-refractivity contribution in [3.63, 3.8) is 0 Å². The third-order valence-electron chi connectivity index (χ3n) is 2.33. The number of hydrogen-bond acceptors (Lipinski definition) is 5. The highest BCUT2D eigenvalue weighted by atomic mass is 35.5. The molecule has 6 nitrogen and oxygen atoms in total. The van der Waals surface area contributed by atoms with E-state index in [1.54, 1.807) is 7.05 Å². The largest absolute Gasteiger partial charge is 0.357 e. The molecular weight excluding hydrogens is 307 g/mol. The molecule has 0 unspecified atom stereocenters. The maximum atomic E-state index is 13.5. The second-order valence-electron chi connectivity index (χ2n) is 3.72. The topological polar surface area (TPSA) is 84.0 Å². The van der Waals surface area contributed by atoms with E-state index in [4.69, 9.17) is 11.6 Å². The van der Waals surface area contributed by atoms with Gasteiger partial charge in [0.15, 0.2) is 0 Å². The lowest BCUT2D eigenvalue weighted by Crippen LogP contribution is -2.15. The van der Waals surface area contributed by atoms with E-state index >= 15 is 0 Å². The molecule has 0 saturated carbocycles. The maximum absolute atomic E-state index is 13.5. The molecule has 0 radical (unpaired) electrons. The first-order valence-electron chi connectivity index (χ1n) is 5.40. The van der Waals surface area contributed by atoms with Gasteiger partial charge in [-0.2, -0.15) is 0 Å². The van der Waals surface area contributed by atoms with Crippen molar-refractivity contribution in [3.05, 3.63) is 41.4 Å². The number of sulfonamides is 1. The molecule has 2 N–H and O–H groups in total. The lowest BCUT2D eigenvalue weighted by Gasteiger charge is -2.09. The first-order valence-corrected chi connectivity index (χ1v) is 7.26. The molecule has 0 aliphatic rings. The quantitative estimate of drug-likeness (QED) is 0.902. The summed E-state index contributed by atoms with van der Waals surface area (Å²) in [5.41, 5.74) is -0.241. The monoisotopic (exact) mass is 316 g/mol. The minimum Gasteiger partial charge on any atom is -0.357 e. The van der Waals surface area contributed by atoms with Gasteiger partial charge in [0.1, 0.15) is 10.7 Å². The number of benzene rings is 1. The molecule has 9 heteroatoms. The number of rotatable bonds is 4. The number of nitrogens with one attached hydrogen (secondary N) is 2. The fourth-order valence-corrected chi connectivity index (χ4v) is 2.48. The molecule has 20 heavy (non-hydrogen) atoms. The summed E-state index contributed by atoms with van der Waals surface area (Å²) >= 11 is 5.70. The van der Waals surface area contributed by atoms with Gasteiger partial charge in [0.05, 0.1) is 18.1 Å². The Bertz CT molecular complexity index is 722. The van der Waals surface area contributed by atoms with Gasteiger partial charge in [-0.3, -0.25) is 4.72 Å². The van der Waals surface area contributed by atoms with E-state index in [9.17, 15) is 12.8 Å². The first-order chi connectivity index (χ1) is 9.42. The minimum absolute atomic E-state index is 0.184. The summed E-state index contributed by atoms with van der Waals surface area (Å²) in [6, 6.07) is 3.57. The van der Waals surface area contributed by atoms with Gasteiger partial charge in [-0.25, -0.2) is 22.8 Å². The van der Waals surface area contributed by atoms with Crippen LogP contribution in [0.4, 0.5) is 16.0 Å². The fraction of sp³-hybridized carbons (Fsp3) is 0.0909. The Hall–Kier alpha value is -1.93. The van der Waals surface area contributed by atoms with Crippen LogP contribution in [0.25, 0.3) is 0 Å². The van der Waals surface area contributed by atoms with E-state index in [1.807, 2.05) is 0 Å². The van der Waals surface area contributed by atoms with Crippen LogP contribution in [0.2, 0.25) is 5.02 Å². The second-order valence-corrected chi connectivity index (χ2v) is 5.84. The molecule has 0 fully saturated rings. The number of nitrogens with zero attached hydrogens (tertiary/aromatic N) is 2.